The van der Waals surface area contributed by atoms with Crippen molar-refractivity contribution in [3.8, 4) is 0 Å². The molecule has 3 fully saturated rings. The molecule has 0 aromatic carbocycles. The Kier molecular flexibility index (Phi) is 4.57. The van der Waals surface area contributed by atoms with Crippen molar-refractivity contribution >= 4 is 33.0 Å². The second-order valence-electron chi connectivity index (χ2n) is 8.55. The van der Waals surface area contributed by atoms with Gasteiger partial charge in [0.25, 0.3) is 10.1 Å². The molecule has 1 heterocycles. The van der Waals surface area contributed by atoms with E-state index in [0.717, 1.165) is 11.8 Å². The van der Waals surface area contributed by atoms with Gasteiger partial charge in [0, 0.05) is 17.3 Å². The van der Waals surface area contributed by atoms with Gasteiger partial charge in [-0.2, -0.15) is 8.42 Å². The van der Waals surface area contributed by atoms with Crippen molar-refractivity contribution in [1.29, 1.82) is 0 Å². The van der Waals surface area contributed by atoms with Crippen LogP contribution < -0.4 is 0 Å². The highest BCUT2D eigenvalue weighted by molar-refractivity contribution is 8.14. The van der Waals surface area contributed by atoms with E-state index < -0.39 is 39.0 Å². The van der Waals surface area contributed by atoms with E-state index in [-0.39, 0.29) is 28.1 Å². The summed E-state index contributed by atoms with van der Waals surface area (Å²) in [5.74, 6) is -0.697. The van der Waals surface area contributed by atoms with Crippen LogP contribution in [0.5, 0.6) is 0 Å². The molecule has 3 aliphatic rings. The molecule has 5 unspecified atom stereocenters. The fourth-order valence-electron chi connectivity index (χ4n) is 4.49. The fraction of sp³-hybridized carbons (Fsp3) is 0.882. The van der Waals surface area contributed by atoms with Crippen molar-refractivity contribution in [3.05, 3.63) is 0 Å². The first kappa shape index (κ1) is 19.2. The third-order valence-electron chi connectivity index (χ3n) is 6.42. The van der Waals surface area contributed by atoms with Crippen LogP contribution in [0.1, 0.15) is 47.5 Å². The van der Waals surface area contributed by atoms with Gasteiger partial charge in [-0.1, -0.05) is 46.4 Å². The van der Waals surface area contributed by atoms with Crippen molar-refractivity contribution in [1.82, 2.24) is 0 Å². The van der Waals surface area contributed by atoms with E-state index >= 15 is 0 Å². The van der Waals surface area contributed by atoms with Gasteiger partial charge in [-0.25, -0.2) is 0 Å². The van der Waals surface area contributed by atoms with Crippen molar-refractivity contribution in [2.75, 3.05) is 5.75 Å². The Balaban J connectivity index is 1.65. The van der Waals surface area contributed by atoms with Gasteiger partial charge < -0.3 is 4.74 Å². The third-order valence-corrected chi connectivity index (χ3v) is 9.33. The first-order chi connectivity index (χ1) is 11.4. The molecule has 5 atom stereocenters. The lowest BCUT2D eigenvalue weighted by Crippen LogP contribution is -2.37. The molecule has 0 amide bonds. The van der Waals surface area contributed by atoms with Crippen molar-refractivity contribution in [2.24, 2.45) is 22.7 Å². The quantitative estimate of drug-likeness (QED) is 0.526. The summed E-state index contributed by atoms with van der Waals surface area (Å²) >= 11 is 0.966. The lowest BCUT2D eigenvalue weighted by atomic mass is 9.81. The third kappa shape index (κ3) is 2.94. The zero-order valence-corrected chi connectivity index (χ0v) is 16.9. The summed E-state index contributed by atoms with van der Waals surface area (Å²) in [6, 6.07) is 0. The molecule has 1 saturated heterocycles. The van der Waals surface area contributed by atoms with Gasteiger partial charge in [0.2, 0.25) is 0 Å². The Morgan fingerprint density at radius 1 is 1.32 bits per heavy atom. The highest BCUT2D eigenvalue weighted by Gasteiger charge is 2.73. The number of fused-ring (bicyclic) bond motifs is 1. The summed E-state index contributed by atoms with van der Waals surface area (Å²) in [5.41, 5.74) is -0.716. The Hall–Kier alpha value is -0.600. The molecular weight excluding hydrogens is 364 g/mol. The molecule has 0 radical (unpaired) electrons. The van der Waals surface area contributed by atoms with Gasteiger partial charge >= 0.3 is 5.97 Å². The van der Waals surface area contributed by atoms with E-state index in [9.17, 15) is 18.0 Å². The van der Waals surface area contributed by atoms with Gasteiger partial charge in [-0.05, 0) is 18.3 Å². The molecule has 8 heteroatoms. The van der Waals surface area contributed by atoms with E-state index in [1.807, 2.05) is 34.6 Å². The molecule has 142 valence electrons. The number of thioether (sulfide) groups is 1. The maximum Gasteiger partial charge on any atom is 0.316 e. The highest BCUT2D eigenvalue weighted by atomic mass is 32.2. The maximum atomic E-state index is 12.2. The maximum absolute atomic E-state index is 12.2. The smallest absolute Gasteiger partial charge is 0.316 e. The molecule has 6 nitrogen and oxygen atoms in total. The molecule has 0 aromatic rings. The average molecular weight is 391 g/mol. The summed E-state index contributed by atoms with van der Waals surface area (Å²) in [4.78, 5) is 24.4. The zero-order valence-electron chi connectivity index (χ0n) is 15.3. The predicted octanol–water partition coefficient (Wildman–Crippen LogP) is 2.37. The van der Waals surface area contributed by atoms with Crippen LogP contribution in [-0.2, 0) is 28.6 Å². The standard InChI is InChI=1S/C17H26O6S2/c1-6-16(2,3)15(19)24-8-11(18)22-13-9-7-10-12(17(9,4)5)14(13)23-25(10,20)21/h9-10,12-14H,6-8H2,1-5H3. The summed E-state index contributed by atoms with van der Waals surface area (Å²) in [6.45, 7) is 9.68. The highest BCUT2D eigenvalue weighted by Crippen LogP contribution is 2.64. The number of esters is 1. The minimum atomic E-state index is -3.57. The van der Waals surface area contributed by atoms with Crippen LogP contribution in [0.25, 0.3) is 0 Å². The zero-order chi connectivity index (χ0) is 18.8. The van der Waals surface area contributed by atoms with Gasteiger partial charge in [-0.15, -0.1) is 0 Å². The monoisotopic (exact) mass is 390 g/mol. The molecule has 0 aromatic heterocycles. The lowest BCUT2D eigenvalue weighted by Gasteiger charge is -2.26. The molecule has 2 aliphatic carbocycles. The van der Waals surface area contributed by atoms with Crippen molar-refractivity contribution < 1.29 is 26.9 Å². The SMILES string of the molecule is CCC(C)(C)C(=O)SCC(=O)OC1C2OS(=O)(=O)C3CC1C(C)(C)C23. The minimum absolute atomic E-state index is 0.0264. The Bertz CT molecular complexity index is 696. The van der Waals surface area contributed by atoms with Crippen LogP contribution in [0.15, 0.2) is 0 Å². The fourth-order valence-corrected chi connectivity index (χ4v) is 7.33. The van der Waals surface area contributed by atoms with Crippen LogP contribution >= 0.6 is 11.8 Å². The largest absolute Gasteiger partial charge is 0.459 e. The normalized spacial score (nSPS) is 37.2. The Morgan fingerprint density at radius 2 is 1.96 bits per heavy atom. The first-order valence-electron chi connectivity index (χ1n) is 8.70. The lowest BCUT2D eigenvalue weighted by molar-refractivity contribution is -0.153. The van der Waals surface area contributed by atoms with Crippen LogP contribution in [0.4, 0.5) is 0 Å². The second-order valence-corrected chi connectivity index (χ2v) is 11.3. The predicted molar refractivity (Wildman–Crippen MR) is 94.4 cm³/mol. The van der Waals surface area contributed by atoms with Crippen molar-refractivity contribution in [3.63, 3.8) is 0 Å². The topological polar surface area (TPSA) is 86.7 Å². The number of hydrogen-bond acceptors (Lipinski definition) is 7. The van der Waals surface area contributed by atoms with Crippen molar-refractivity contribution in [2.45, 2.75) is 64.9 Å². The van der Waals surface area contributed by atoms with E-state index in [1.165, 1.54) is 0 Å². The van der Waals surface area contributed by atoms with E-state index in [2.05, 4.69) is 0 Å². The summed E-state index contributed by atoms with van der Waals surface area (Å²) < 4.78 is 35.2. The summed E-state index contributed by atoms with van der Waals surface area (Å²) in [7, 11) is -3.57. The number of ether oxygens (including phenoxy) is 1. The van der Waals surface area contributed by atoms with Crippen LogP contribution in [0, 0.1) is 22.7 Å². The van der Waals surface area contributed by atoms with Crippen LogP contribution in [-0.4, -0.2) is 42.7 Å². The molecule has 2 bridgehead atoms. The van der Waals surface area contributed by atoms with E-state index in [4.69, 9.17) is 8.92 Å². The molecule has 1 aliphatic heterocycles. The van der Waals surface area contributed by atoms with E-state index in [1.54, 1.807) is 0 Å². The molecular formula is C17H26O6S2. The molecule has 2 saturated carbocycles. The van der Waals surface area contributed by atoms with Gasteiger partial charge in [0.15, 0.2) is 5.12 Å². The van der Waals surface area contributed by atoms with E-state index in [0.29, 0.717) is 12.8 Å². The average Bonchev–Trinajstić information content (AvgIpc) is 2.98. The van der Waals surface area contributed by atoms with Gasteiger partial charge in [-0.3, -0.25) is 13.8 Å². The number of hydrogen-bond donors (Lipinski definition) is 0. The molecule has 0 spiro atoms. The minimum Gasteiger partial charge on any atom is -0.459 e. The number of rotatable bonds is 5. The summed E-state index contributed by atoms with van der Waals surface area (Å²) in [6.07, 6.45) is 0.0453. The second kappa shape index (κ2) is 5.96. The number of carbonyl (C=O) groups is 2. The molecule has 3 rings (SSSR count). The summed E-state index contributed by atoms with van der Waals surface area (Å²) in [5, 5.41) is -0.520. The Labute approximate surface area is 153 Å². The first-order valence-corrected chi connectivity index (χ1v) is 11.2. The van der Waals surface area contributed by atoms with Crippen LogP contribution in [0.3, 0.4) is 0 Å². The Morgan fingerprint density at radius 3 is 2.56 bits per heavy atom. The van der Waals surface area contributed by atoms with Gasteiger partial charge in [0.1, 0.15) is 12.2 Å². The molecule has 25 heavy (non-hydrogen) atoms. The molecule has 0 N–H and O–H groups in total. The van der Waals surface area contributed by atoms with Gasteiger partial charge in [0.05, 0.1) is 11.0 Å². The number of carbonyl (C=O) groups excluding carboxylic acids is 2. The van der Waals surface area contributed by atoms with Crippen LogP contribution in [0.2, 0.25) is 0 Å².